The Labute approximate surface area is 194 Å². The predicted molar refractivity (Wildman–Crippen MR) is 128 cm³/mol. The molecule has 1 aromatic heterocycles. The molecule has 2 aliphatic heterocycles. The molecule has 3 rings (SSSR count). The lowest BCUT2D eigenvalue weighted by atomic mass is 9.93. The summed E-state index contributed by atoms with van der Waals surface area (Å²) in [4.78, 5) is 34.1. The first-order chi connectivity index (χ1) is 13.6. The van der Waals surface area contributed by atoms with Gasteiger partial charge in [-0.1, -0.05) is 0 Å². The van der Waals surface area contributed by atoms with Crippen LogP contribution in [0.5, 0.6) is 0 Å². The molecule has 3 heterocycles. The van der Waals surface area contributed by atoms with Gasteiger partial charge in [0.25, 0.3) is 0 Å². The highest BCUT2D eigenvalue weighted by Gasteiger charge is 2.24. The van der Waals surface area contributed by atoms with Crippen LogP contribution in [-0.2, 0) is 22.6 Å². The molecule has 7 nitrogen and oxygen atoms in total. The highest BCUT2D eigenvalue weighted by molar-refractivity contribution is 14.0. The number of carbonyl (C=O) groups excluding carboxylic acids is 2. The maximum absolute atomic E-state index is 12.5. The fourth-order valence-corrected chi connectivity index (χ4v) is 4.84. The lowest BCUT2D eigenvalue weighted by molar-refractivity contribution is -0.132. The first-order valence-corrected chi connectivity index (χ1v) is 11.0. The van der Waals surface area contributed by atoms with Crippen LogP contribution in [0.2, 0.25) is 0 Å². The second kappa shape index (κ2) is 11.7. The van der Waals surface area contributed by atoms with Gasteiger partial charge >= 0.3 is 0 Å². The first kappa shape index (κ1) is 23.9. The number of nitrogens with one attached hydrogen (secondary N) is 2. The monoisotopic (exact) mass is 533 g/mol. The number of hydrogen-bond acceptors (Lipinski definition) is 4. The minimum Gasteiger partial charge on any atom is -0.359 e. The van der Waals surface area contributed by atoms with Crippen molar-refractivity contribution in [3.8, 4) is 0 Å². The van der Waals surface area contributed by atoms with Gasteiger partial charge < -0.3 is 20.4 Å². The average Bonchev–Trinajstić information content (AvgIpc) is 3.19. The third kappa shape index (κ3) is 6.56. The Morgan fingerprint density at radius 2 is 2.00 bits per heavy atom. The Kier molecular flexibility index (Phi) is 9.67. The minimum atomic E-state index is 0. The van der Waals surface area contributed by atoms with Gasteiger partial charge in [-0.3, -0.25) is 14.6 Å². The van der Waals surface area contributed by atoms with Crippen LogP contribution < -0.4 is 10.6 Å². The SMILES string of the molecule is CN=C(NCCC(=O)N1CCc2sccc2C1)N1CCC(CC(=O)NC)CC1.I. The summed E-state index contributed by atoms with van der Waals surface area (Å²) in [5, 5.41) is 8.16. The van der Waals surface area contributed by atoms with Gasteiger partial charge in [0.15, 0.2) is 5.96 Å². The number of carbonyl (C=O) groups is 2. The number of likely N-dealkylation sites (tertiary alicyclic amines) is 1. The van der Waals surface area contributed by atoms with Crippen molar-refractivity contribution in [2.75, 3.05) is 40.3 Å². The molecule has 1 saturated heterocycles. The molecule has 0 saturated carbocycles. The van der Waals surface area contributed by atoms with Crippen LogP contribution in [-0.4, -0.2) is 67.8 Å². The molecule has 9 heteroatoms. The van der Waals surface area contributed by atoms with E-state index in [0.717, 1.165) is 51.4 Å². The Morgan fingerprint density at radius 1 is 1.24 bits per heavy atom. The van der Waals surface area contributed by atoms with Gasteiger partial charge in [0.2, 0.25) is 11.8 Å². The van der Waals surface area contributed by atoms with E-state index < -0.39 is 0 Å². The molecule has 2 N–H and O–H groups in total. The summed E-state index contributed by atoms with van der Waals surface area (Å²) in [6.45, 7) is 3.94. The summed E-state index contributed by atoms with van der Waals surface area (Å²) >= 11 is 1.79. The number of fused-ring (bicyclic) bond motifs is 1. The van der Waals surface area contributed by atoms with Crippen molar-refractivity contribution in [1.82, 2.24) is 20.4 Å². The molecular formula is C20H32IN5O2S. The molecule has 0 atom stereocenters. The van der Waals surface area contributed by atoms with Crippen molar-refractivity contribution in [3.63, 3.8) is 0 Å². The molecular weight excluding hydrogens is 501 g/mol. The lowest BCUT2D eigenvalue weighted by Crippen LogP contribution is -2.47. The summed E-state index contributed by atoms with van der Waals surface area (Å²) in [5.74, 6) is 1.61. The summed E-state index contributed by atoms with van der Waals surface area (Å²) < 4.78 is 0. The molecule has 1 fully saturated rings. The first-order valence-electron chi connectivity index (χ1n) is 10.1. The second-order valence-electron chi connectivity index (χ2n) is 7.47. The number of rotatable bonds is 5. The molecule has 1 aromatic rings. The highest BCUT2D eigenvalue weighted by Crippen LogP contribution is 2.24. The summed E-state index contributed by atoms with van der Waals surface area (Å²) in [6, 6.07) is 2.13. The van der Waals surface area contributed by atoms with Gasteiger partial charge in [-0.2, -0.15) is 0 Å². The number of hydrogen-bond donors (Lipinski definition) is 2. The van der Waals surface area contributed by atoms with E-state index in [-0.39, 0.29) is 35.8 Å². The molecule has 0 unspecified atom stereocenters. The van der Waals surface area contributed by atoms with Gasteiger partial charge in [0, 0.05) is 64.5 Å². The number of halogens is 1. The van der Waals surface area contributed by atoms with Crippen LogP contribution in [0.4, 0.5) is 0 Å². The number of piperidine rings is 1. The fraction of sp³-hybridized carbons (Fsp3) is 0.650. The third-order valence-corrected chi connectivity index (χ3v) is 6.68. The largest absolute Gasteiger partial charge is 0.359 e. The van der Waals surface area contributed by atoms with Crippen LogP contribution in [0.1, 0.15) is 36.1 Å². The van der Waals surface area contributed by atoms with Crippen molar-refractivity contribution < 1.29 is 9.59 Å². The molecule has 0 aromatic carbocycles. The molecule has 0 bridgehead atoms. The molecule has 0 spiro atoms. The molecule has 29 heavy (non-hydrogen) atoms. The molecule has 0 radical (unpaired) electrons. The molecule has 0 aliphatic carbocycles. The van der Waals surface area contributed by atoms with E-state index in [1.807, 2.05) is 4.90 Å². The maximum Gasteiger partial charge on any atom is 0.224 e. The van der Waals surface area contributed by atoms with Gasteiger partial charge in [0.1, 0.15) is 0 Å². The van der Waals surface area contributed by atoms with E-state index in [9.17, 15) is 9.59 Å². The summed E-state index contributed by atoms with van der Waals surface area (Å²) in [5.41, 5.74) is 1.30. The van der Waals surface area contributed by atoms with Crippen molar-refractivity contribution in [3.05, 3.63) is 21.9 Å². The topological polar surface area (TPSA) is 77.0 Å². The Bertz CT molecular complexity index is 715. The zero-order valence-corrected chi connectivity index (χ0v) is 20.4. The van der Waals surface area contributed by atoms with Crippen LogP contribution in [0.25, 0.3) is 0 Å². The van der Waals surface area contributed by atoms with Crippen molar-refractivity contribution in [2.24, 2.45) is 10.9 Å². The Balaban J connectivity index is 0.00000300. The lowest BCUT2D eigenvalue weighted by Gasteiger charge is -2.34. The summed E-state index contributed by atoms with van der Waals surface area (Å²) in [6.07, 6.45) is 4.03. The van der Waals surface area contributed by atoms with Crippen molar-refractivity contribution in [1.29, 1.82) is 0 Å². The van der Waals surface area contributed by atoms with Gasteiger partial charge in [-0.05, 0) is 42.2 Å². The molecule has 2 aliphatic rings. The minimum absolute atomic E-state index is 0. The van der Waals surface area contributed by atoms with E-state index in [0.29, 0.717) is 25.3 Å². The molecule has 162 valence electrons. The standard InChI is InChI=1S/C20H31N5O2S.HI/c1-21-18(26)13-15-4-9-24(10-5-15)20(22-2)23-8-3-19(27)25-11-6-17-16(14-25)7-12-28-17;/h7,12,15H,3-6,8-11,13-14H2,1-2H3,(H,21,26)(H,22,23);1H. The van der Waals surface area contributed by atoms with Crippen LogP contribution in [0.3, 0.4) is 0 Å². The number of amides is 2. The van der Waals surface area contributed by atoms with Gasteiger partial charge in [0.05, 0.1) is 0 Å². The van der Waals surface area contributed by atoms with E-state index in [1.54, 1.807) is 25.4 Å². The number of guanidine groups is 1. The van der Waals surface area contributed by atoms with Crippen LogP contribution in [0.15, 0.2) is 16.4 Å². The van der Waals surface area contributed by atoms with Crippen LogP contribution >= 0.6 is 35.3 Å². The predicted octanol–water partition coefficient (Wildman–Crippen LogP) is 2.06. The maximum atomic E-state index is 12.5. The third-order valence-electron chi connectivity index (χ3n) is 5.66. The number of nitrogens with zero attached hydrogens (tertiary/aromatic N) is 3. The smallest absolute Gasteiger partial charge is 0.224 e. The zero-order chi connectivity index (χ0) is 19.9. The van der Waals surface area contributed by atoms with Crippen molar-refractivity contribution >= 4 is 53.1 Å². The van der Waals surface area contributed by atoms with E-state index >= 15 is 0 Å². The normalized spacial score (nSPS) is 17.4. The Hall–Kier alpha value is -1.36. The summed E-state index contributed by atoms with van der Waals surface area (Å²) in [7, 11) is 3.47. The van der Waals surface area contributed by atoms with Crippen molar-refractivity contribution in [2.45, 2.75) is 38.6 Å². The Morgan fingerprint density at radius 3 is 2.69 bits per heavy atom. The van der Waals surface area contributed by atoms with E-state index in [4.69, 9.17) is 0 Å². The molecule has 2 amide bonds. The van der Waals surface area contributed by atoms with E-state index in [2.05, 4.69) is 32.0 Å². The van der Waals surface area contributed by atoms with Gasteiger partial charge in [-0.25, -0.2) is 0 Å². The number of aliphatic imine (C=N–C) groups is 1. The van der Waals surface area contributed by atoms with E-state index in [1.165, 1.54) is 10.4 Å². The quantitative estimate of drug-likeness (QED) is 0.345. The van der Waals surface area contributed by atoms with Crippen LogP contribution in [0, 0.1) is 5.92 Å². The average molecular weight is 533 g/mol. The highest BCUT2D eigenvalue weighted by atomic mass is 127. The fourth-order valence-electron chi connectivity index (χ4n) is 3.95. The number of thiophene rings is 1. The zero-order valence-electron chi connectivity index (χ0n) is 17.3. The van der Waals surface area contributed by atoms with Gasteiger partial charge in [-0.15, -0.1) is 35.3 Å². The second-order valence-corrected chi connectivity index (χ2v) is 8.47.